The highest BCUT2D eigenvalue weighted by atomic mass is 35.5. The van der Waals surface area contributed by atoms with E-state index < -0.39 is 0 Å². The van der Waals surface area contributed by atoms with Crippen LogP contribution >= 0.6 is 11.6 Å². The minimum atomic E-state index is 0.0970. The number of anilines is 1. The predicted molar refractivity (Wildman–Crippen MR) is 63.0 cm³/mol. The number of halogens is 1. The van der Waals surface area contributed by atoms with Crippen LogP contribution in [0.1, 0.15) is 0 Å². The lowest BCUT2D eigenvalue weighted by molar-refractivity contribution is 0.480. The second-order valence-corrected chi connectivity index (χ2v) is 3.69. The number of para-hydroxylation sites is 1. The van der Waals surface area contributed by atoms with E-state index in [2.05, 4.69) is 0 Å². The number of aromatic hydroxyl groups is 1. The quantitative estimate of drug-likeness (QED) is 0.571. The molecule has 0 bridgehead atoms. The zero-order chi connectivity index (χ0) is 10.8. The van der Waals surface area contributed by atoms with Crippen LogP contribution in [-0.2, 0) is 0 Å². The predicted octanol–water partition coefficient (Wildman–Crippen LogP) is 3.29. The van der Waals surface area contributed by atoms with Crippen molar-refractivity contribution < 1.29 is 5.11 Å². The van der Waals surface area contributed by atoms with Gasteiger partial charge in [0.25, 0.3) is 0 Å². The molecule has 2 nitrogen and oxygen atoms in total. The molecule has 0 aliphatic heterocycles. The van der Waals surface area contributed by atoms with Gasteiger partial charge in [0.2, 0.25) is 0 Å². The molecule has 0 aliphatic rings. The molecule has 3 N–H and O–H groups in total. The normalized spacial score (nSPS) is 10.2. The van der Waals surface area contributed by atoms with Crippen molar-refractivity contribution in [1.29, 1.82) is 0 Å². The summed E-state index contributed by atoms with van der Waals surface area (Å²) in [6.45, 7) is 0. The molecule has 0 heterocycles. The maximum Gasteiger partial charge on any atom is 0.146 e. The summed E-state index contributed by atoms with van der Waals surface area (Å²) in [6, 6.07) is 12.5. The number of hydrogen-bond donors (Lipinski definition) is 2. The molecule has 3 heteroatoms. The maximum atomic E-state index is 9.77. The van der Waals surface area contributed by atoms with Crippen molar-refractivity contribution >= 4 is 17.3 Å². The second-order valence-electron chi connectivity index (χ2n) is 3.25. The molecule has 0 saturated heterocycles. The van der Waals surface area contributed by atoms with Crippen molar-refractivity contribution in [3.8, 4) is 16.9 Å². The Morgan fingerprint density at radius 3 is 2.53 bits per heavy atom. The van der Waals surface area contributed by atoms with E-state index in [9.17, 15) is 5.11 Å². The Morgan fingerprint density at radius 1 is 1.07 bits per heavy atom. The first kappa shape index (κ1) is 9.87. The van der Waals surface area contributed by atoms with Crippen molar-refractivity contribution in [2.75, 3.05) is 5.73 Å². The molecule has 0 atom stereocenters. The molecule has 0 aliphatic carbocycles. The molecule has 0 saturated carbocycles. The van der Waals surface area contributed by atoms with Crippen LogP contribution in [-0.4, -0.2) is 5.11 Å². The van der Waals surface area contributed by atoms with Crippen LogP contribution in [0, 0.1) is 0 Å². The molecule has 15 heavy (non-hydrogen) atoms. The van der Waals surface area contributed by atoms with E-state index >= 15 is 0 Å². The molecule has 2 aromatic rings. The van der Waals surface area contributed by atoms with Gasteiger partial charge in [-0.05, 0) is 23.8 Å². The van der Waals surface area contributed by atoms with Crippen LogP contribution in [0.2, 0.25) is 5.02 Å². The SMILES string of the molecule is Nc1cccc(-c2cccc(Cl)c2)c1O. The lowest BCUT2D eigenvalue weighted by Crippen LogP contribution is -1.87. The van der Waals surface area contributed by atoms with Crippen molar-refractivity contribution in [3.63, 3.8) is 0 Å². The summed E-state index contributed by atoms with van der Waals surface area (Å²) in [7, 11) is 0. The van der Waals surface area contributed by atoms with Crippen LogP contribution in [0.5, 0.6) is 5.75 Å². The van der Waals surface area contributed by atoms with Gasteiger partial charge in [-0.3, -0.25) is 0 Å². The first-order valence-corrected chi connectivity index (χ1v) is 4.89. The number of benzene rings is 2. The zero-order valence-electron chi connectivity index (χ0n) is 7.94. The largest absolute Gasteiger partial charge is 0.505 e. The summed E-state index contributed by atoms with van der Waals surface area (Å²) >= 11 is 5.87. The molecule has 2 aromatic carbocycles. The fraction of sp³-hybridized carbons (Fsp3) is 0. The monoisotopic (exact) mass is 219 g/mol. The van der Waals surface area contributed by atoms with E-state index in [1.54, 1.807) is 30.3 Å². The number of hydrogen-bond acceptors (Lipinski definition) is 2. The van der Waals surface area contributed by atoms with E-state index in [1.165, 1.54) is 0 Å². The number of nitrogen functional groups attached to an aromatic ring is 1. The number of nitrogens with two attached hydrogens (primary N) is 1. The average Bonchev–Trinajstić information content (AvgIpc) is 2.22. The summed E-state index contributed by atoms with van der Waals surface area (Å²) in [4.78, 5) is 0. The van der Waals surface area contributed by atoms with Gasteiger partial charge in [0.1, 0.15) is 5.75 Å². The molecule has 0 aromatic heterocycles. The smallest absolute Gasteiger partial charge is 0.146 e. The lowest BCUT2D eigenvalue weighted by atomic mass is 10.0. The lowest BCUT2D eigenvalue weighted by Gasteiger charge is -2.06. The third-order valence-corrected chi connectivity index (χ3v) is 2.44. The van der Waals surface area contributed by atoms with Crippen molar-refractivity contribution in [1.82, 2.24) is 0 Å². The molecular weight excluding hydrogens is 210 g/mol. The molecule has 0 spiro atoms. The van der Waals surface area contributed by atoms with Crippen molar-refractivity contribution in [2.45, 2.75) is 0 Å². The van der Waals surface area contributed by atoms with Gasteiger partial charge in [-0.25, -0.2) is 0 Å². The maximum absolute atomic E-state index is 9.77. The van der Waals surface area contributed by atoms with Crippen LogP contribution in [0.4, 0.5) is 5.69 Å². The third-order valence-electron chi connectivity index (χ3n) is 2.20. The van der Waals surface area contributed by atoms with Gasteiger partial charge >= 0.3 is 0 Å². The first-order chi connectivity index (χ1) is 7.18. The van der Waals surface area contributed by atoms with Gasteiger partial charge in [-0.15, -0.1) is 0 Å². The Balaban J connectivity index is 2.59. The second kappa shape index (κ2) is 3.83. The molecule has 2 rings (SSSR count). The molecule has 0 unspecified atom stereocenters. The highest BCUT2D eigenvalue weighted by Crippen LogP contribution is 2.34. The van der Waals surface area contributed by atoms with Crippen LogP contribution < -0.4 is 5.73 Å². The van der Waals surface area contributed by atoms with Gasteiger partial charge in [0, 0.05) is 10.6 Å². The highest BCUT2D eigenvalue weighted by molar-refractivity contribution is 6.30. The summed E-state index contributed by atoms with van der Waals surface area (Å²) in [6.07, 6.45) is 0. The summed E-state index contributed by atoms with van der Waals surface area (Å²) in [5, 5.41) is 10.4. The Kier molecular flexibility index (Phi) is 2.52. The van der Waals surface area contributed by atoms with Gasteiger partial charge in [-0.1, -0.05) is 35.9 Å². The topological polar surface area (TPSA) is 46.2 Å². The molecule has 76 valence electrons. The summed E-state index contributed by atoms with van der Waals surface area (Å²) in [5.41, 5.74) is 7.53. The Labute approximate surface area is 92.9 Å². The zero-order valence-corrected chi connectivity index (χ0v) is 8.70. The highest BCUT2D eigenvalue weighted by Gasteiger charge is 2.06. The first-order valence-electron chi connectivity index (χ1n) is 4.52. The Hall–Kier alpha value is -1.67. The minimum Gasteiger partial charge on any atom is -0.505 e. The average molecular weight is 220 g/mol. The van der Waals surface area contributed by atoms with Crippen molar-refractivity contribution in [3.05, 3.63) is 47.5 Å². The summed E-state index contributed by atoms with van der Waals surface area (Å²) < 4.78 is 0. The van der Waals surface area contributed by atoms with Crippen molar-refractivity contribution in [2.24, 2.45) is 0 Å². The van der Waals surface area contributed by atoms with E-state index in [-0.39, 0.29) is 5.75 Å². The Morgan fingerprint density at radius 2 is 1.80 bits per heavy atom. The summed E-state index contributed by atoms with van der Waals surface area (Å²) in [5.74, 6) is 0.0970. The number of rotatable bonds is 1. The Bertz CT molecular complexity index is 497. The van der Waals surface area contributed by atoms with Crippen LogP contribution in [0.25, 0.3) is 11.1 Å². The molecular formula is C12H10ClNO. The van der Waals surface area contributed by atoms with Gasteiger partial charge in [0.05, 0.1) is 5.69 Å². The standard InChI is InChI=1S/C12H10ClNO/c13-9-4-1-3-8(7-9)10-5-2-6-11(14)12(10)15/h1-7,15H,14H2. The fourth-order valence-electron chi connectivity index (χ4n) is 1.45. The molecule has 0 radical (unpaired) electrons. The number of phenols is 1. The van der Waals surface area contributed by atoms with E-state index in [4.69, 9.17) is 17.3 Å². The van der Waals surface area contributed by atoms with E-state index in [0.29, 0.717) is 16.3 Å². The van der Waals surface area contributed by atoms with E-state index in [0.717, 1.165) is 5.56 Å². The molecule has 0 amide bonds. The van der Waals surface area contributed by atoms with Gasteiger partial charge in [-0.2, -0.15) is 0 Å². The van der Waals surface area contributed by atoms with E-state index in [1.807, 2.05) is 12.1 Å². The third kappa shape index (κ3) is 1.90. The fourth-order valence-corrected chi connectivity index (χ4v) is 1.64. The van der Waals surface area contributed by atoms with Crippen LogP contribution in [0.15, 0.2) is 42.5 Å². The molecule has 0 fully saturated rings. The number of phenolic OH excluding ortho intramolecular Hbond substituents is 1. The minimum absolute atomic E-state index is 0.0970. The van der Waals surface area contributed by atoms with Crippen LogP contribution in [0.3, 0.4) is 0 Å². The van der Waals surface area contributed by atoms with Gasteiger partial charge in [0.15, 0.2) is 0 Å². The van der Waals surface area contributed by atoms with Gasteiger partial charge < -0.3 is 10.8 Å².